The SMILES string of the molecule is CC(C)(C)N(NC(=O)c1ccc2cc(Br)ccc2c1)C(=O)c1ccc(C(=O)c2ccccc2)cc1. The Morgan fingerprint density at radius 2 is 1.23 bits per heavy atom. The highest BCUT2D eigenvalue weighted by atomic mass is 79.9. The van der Waals surface area contributed by atoms with Crippen molar-refractivity contribution in [1.29, 1.82) is 0 Å². The van der Waals surface area contributed by atoms with Crippen LogP contribution in [0.3, 0.4) is 0 Å². The van der Waals surface area contributed by atoms with E-state index in [0.29, 0.717) is 22.3 Å². The van der Waals surface area contributed by atoms with Crippen LogP contribution in [0.15, 0.2) is 95.5 Å². The molecule has 0 aliphatic heterocycles. The molecule has 0 spiro atoms. The van der Waals surface area contributed by atoms with Crippen molar-refractivity contribution in [2.75, 3.05) is 0 Å². The van der Waals surface area contributed by atoms with Crippen LogP contribution in [-0.2, 0) is 0 Å². The van der Waals surface area contributed by atoms with Gasteiger partial charge in [-0.1, -0.05) is 70.5 Å². The third-order valence-electron chi connectivity index (χ3n) is 5.58. The lowest BCUT2D eigenvalue weighted by molar-refractivity contribution is 0.0358. The summed E-state index contributed by atoms with van der Waals surface area (Å²) in [5.74, 6) is -0.864. The van der Waals surface area contributed by atoms with Gasteiger partial charge in [0.25, 0.3) is 11.8 Å². The Morgan fingerprint density at radius 1 is 0.686 bits per heavy atom. The molecule has 0 saturated carbocycles. The third-order valence-corrected chi connectivity index (χ3v) is 6.08. The zero-order chi connectivity index (χ0) is 25.2. The maximum absolute atomic E-state index is 13.4. The topological polar surface area (TPSA) is 66.5 Å². The summed E-state index contributed by atoms with van der Waals surface area (Å²) in [5.41, 5.74) is 3.98. The fourth-order valence-electron chi connectivity index (χ4n) is 3.70. The number of carbonyl (C=O) groups excluding carboxylic acids is 3. The number of ketones is 1. The number of nitrogens with one attached hydrogen (secondary N) is 1. The van der Waals surface area contributed by atoms with E-state index in [1.54, 1.807) is 48.5 Å². The van der Waals surface area contributed by atoms with Gasteiger partial charge in [0.15, 0.2) is 5.78 Å². The number of halogens is 1. The molecule has 0 aromatic heterocycles. The molecule has 0 aliphatic carbocycles. The standard InChI is InChI=1S/C29H25BrN2O3/c1-29(2,3)32(31-27(34)24-14-13-23-18-25(30)16-15-22(23)17-24)28(35)21-11-9-20(10-12-21)26(33)19-7-5-4-6-8-19/h4-18H,1-3H3,(H,31,34). The fourth-order valence-corrected chi connectivity index (χ4v) is 4.08. The van der Waals surface area contributed by atoms with Gasteiger partial charge < -0.3 is 0 Å². The van der Waals surface area contributed by atoms with Crippen LogP contribution in [0.25, 0.3) is 10.8 Å². The van der Waals surface area contributed by atoms with E-state index in [1.807, 2.05) is 63.2 Å². The van der Waals surface area contributed by atoms with Crippen LogP contribution in [0.1, 0.15) is 57.4 Å². The number of rotatable bonds is 4. The minimum absolute atomic E-state index is 0.117. The van der Waals surface area contributed by atoms with Crippen LogP contribution in [0, 0.1) is 0 Å². The number of fused-ring (bicyclic) bond motifs is 1. The first-order valence-electron chi connectivity index (χ1n) is 11.2. The first-order valence-corrected chi connectivity index (χ1v) is 12.0. The van der Waals surface area contributed by atoms with Gasteiger partial charge in [-0.05, 0) is 67.9 Å². The van der Waals surface area contributed by atoms with Gasteiger partial charge in [-0.15, -0.1) is 0 Å². The monoisotopic (exact) mass is 528 g/mol. The van der Waals surface area contributed by atoms with Gasteiger partial charge in [0, 0.05) is 26.7 Å². The third kappa shape index (κ3) is 5.49. The van der Waals surface area contributed by atoms with Crippen LogP contribution < -0.4 is 5.43 Å². The molecular weight excluding hydrogens is 504 g/mol. The number of hydrogen-bond donors (Lipinski definition) is 1. The van der Waals surface area contributed by atoms with Gasteiger partial charge in [0.2, 0.25) is 0 Å². The zero-order valence-corrected chi connectivity index (χ0v) is 21.3. The van der Waals surface area contributed by atoms with Gasteiger partial charge in [0.1, 0.15) is 0 Å². The molecule has 0 bridgehead atoms. The van der Waals surface area contributed by atoms with E-state index in [0.717, 1.165) is 15.2 Å². The van der Waals surface area contributed by atoms with Crippen molar-refractivity contribution in [1.82, 2.24) is 10.4 Å². The summed E-state index contributed by atoms with van der Waals surface area (Å²) in [4.78, 5) is 39.1. The van der Waals surface area contributed by atoms with Crippen molar-refractivity contribution in [3.8, 4) is 0 Å². The molecule has 0 heterocycles. The average Bonchev–Trinajstić information content (AvgIpc) is 2.86. The summed E-state index contributed by atoms with van der Waals surface area (Å²) < 4.78 is 0.961. The number of nitrogens with zero attached hydrogens (tertiary/aromatic N) is 1. The van der Waals surface area contributed by atoms with Gasteiger partial charge in [-0.3, -0.25) is 19.8 Å². The van der Waals surface area contributed by atoms with E-state index in [1.165, 1.54) is 5.01 Å². The zero-order valence-electron chi connectivity index (χ0n) is 19.7. The highest BCUT2D eigenvalue weighted by molar-refractivity contribution is 9.10. The average molecular weight is 529 g/mol. The van der Waals surface area contributed by atoms with E-state index in [-0.39, 0.29) is 17.6 Å². The van der Waals surface area contributed by atoms with Gasteiger partial charge in [-0.25, -0.2) is 5.01 Å². The Balaban J connectivity index is 1.55. The molecule has 4 aromatic carbocycles. The fraction of sp³-hybridized carbons (Fsp3) is 0.138. The van der Waals surface area contributed by atoms with Crippen molar-refractivity contribution >= 4 is 44.3 Å². The van der Waals surface area contributed by atoms with E-state index >= 15 is 0 Å². The highest BCUT2D eigenvalue weighted by Crippen LogP contribution is 2.22. The molecule has 4 rings (SSSR count). The Bertz CT molecular complexity index is 1410. The highest BCUT2D eigenvalue weighted by Gasteiger charge is 2.30. The summed E-state index contributed by atoms with van der Waals surface area (Å²) >= 11 is 3.45. The molecule has 2 amide bonds. The smallest absolute Gasteiger partial charge is 0.272 e. The molecule has 0 atom stereocenters. The molecular formula is C29H25BrN2O3. The Morgan fingerprint density at radius 3 is 1.89 bits per heavy atom. The molecule has 0 radical (unpaired) electrons. The van der Waals surface area contributed by atoms with Crippen molar-refractivity contribution in [3.63, 3.8) is 0 Å². The number of hydrazine groups is 1. The molecule has 0 fully saturated rings. The second kappa shape index (κ2) is 9.84. The van der Waals surface area contributed by atoms with Crippen molar-refractivity contribution in [2.45, 2.75) is 26.3 Å². The summed E-state index contributed by atoms with van der Waals surface area (Å²) in [5, 5.41) is 3.26. The predicted molar refractivity (Wildman–Crippen MR) is 141 cm³/mol. The molecule has 35 heavy (non-hydrogen) atoms. The van der Waals surface area contributed by atoms with Crippen LogP contribution in [0.5, 0.6) is 0 Å². The predicted octanol–water partition coefficient (Wildman–Crippen LogP) is 6.42. The lowest BCUT2D eigenvalue weighted by atomic mass is 10.0. The van der Waals surface area contributed by atoms with Crippen LogP contribution in [0.2, 0.25) is 0 Å². The number of benzene rings is 4. The van der Waals surface area contributed by atoms with Crippen LogP contribution in [-0.4, -0.2) is 28.1 Å². The summed E-state index contributed by atoms with van der Waals surface area (Å²) in [6.45, 7) is 5.53. The lowest BCUT2D eigenvalue weighted by Crippen LogP contribution is -2.55. The second-order valence-electron chi connectivity index (χ2n) is 9.23. The summed E-state index contributed by atoms with van der Waals surface area (Å²) in [6.07, 6.45) is 0. The minimum Gasteiger partial charge on any atom is -0.289 e. The summed E-state index contributed by atoms with van der Waals surface area (Å²) in [7, 11) is 0. The van der Waals surface area contributed by atoms with Gasteiger partial charge in [0.05, 0.1) is 5.54 Å². The molecule has 6 heteroatoms. The first kappa shape index (κ1) is 24.4. The number of amides is 2. The van der Waals surface area contributed by atoms with Crippen LogP contribution >= 0.6 is 15.9 Å². The van der Waals surface area contributed by atoms with E-state index in [4.69, 9.17) is 0 Å². The van der Waals surface area contributed by atoms with Gasteiger partial charge in [-0.2, -0.15) is 0 Å². The molecule has 176 valence electrons. The molecule has 0 aliphatic rings. The Hall–Kier alpha value is -3.77. The molecule has 0 saturated heterocycles. The molecule has 5 nitrogen and oxygen atoms in total. The first-order chi connectivity index (χ1) is 16.6. The maximum atomic E-state index is 13.4. The molecule has 4 aromatic rings. The van der Waals surface area contributed by atoms with E-state index in [9.17, 15) is 14.4 Å². The van der Waals surface area contributed by atoms with Crippen LogP contribution in [0.4, 0.5) is 0 Å². The van der Waals surface area contributed by atoms with Crippen molar-refractivity contribution in [3.05, 3.63) is 118 Å². The Labute approximate surface area is 212 Å². The van der Waals surface area contributed by atoms with Crippen molar-refractivity contribution < 1.29 is 14.4 Å². The minimum atomic E-state index is -0.688. The van der Waals surface area contributed by atoms with E-state index in [2.05, 4.69) is 21.4 Å². The molecule has 1 N–H and O–H groups in total. The summed E-state index contributed by atoms with van der Waals surface area (Å²) in [6, 6.07) is 26.7. The lowest BCUT2D eigenvalue weighted by Gasteiger charge is -2.35. The molecule has 0 unspecified atom stereocenters. The van der Waals surface area contributed by atoms with Gasteiger partial charge >= 0.3 is 0 Å². The largest absolute Gasteiger partial charge is 0.289 e. The maximum Gasteiger partial charge on any atom is 0.272 e. The van der Waals surface area contributed by atoms with Crippen molar-refractivity contribution in [2.24, 2.45) is 0 Å². The van der Waals surface area contributed by atoms with E-state index < -0.39 is 5.54 Å². The normalized spacial score (nSPS) is 11.2. The quantitative estimate of drug-likeness (QED) is 0.245. The number of hydrogen-bond acceptors (Lipinski definition) is 3. The number of carbonyl (C=O) groups is 3. The Kier molecular flexibility index (Phi) is 6.85. The second-order valence-corrected chi connectivity index (χ2v) is 10.1.